The lowest BCUT2D eigenvalue weighted by atomic mass is 9.85. The van der Waals surface area contributed by atoms with Crippen LogP contribution in [0.4, 0.5) is 5.69 Å². The largest absolute Gasteiger partial charge is 0.356 e. The molecule has 0 saturated carbocycles. The number of carbonyl (C=O) groups is 5. The van der Waals surface area contributed by atoms with Crippen LogP contribution in [-0.4, -0.2) is 73.2 Å². The monoisotopic (exact) mass is 516 g/mol. The fraction of sp³-hybridized carbons (Fsp3) is 0.577. The molecule has 2 heterocycles. The first-order chi connectivity index (χ1) is 17.5. The third-order valence-electron chi connectivity index (χ3n) is 6.36. The minimum atomic E-state index is -0.745. The summed E-state index contributed by atoms with van der Waals surface area (Å²) < 4.78 is 0. The van der Waals surface area contributed by atoms with Crippen LogP contribution in [0.25, 0.3) is 0 Å². The van der Waals surface area contributed by atoms with Crippen molar-refractivity contribution in [2.75, 3.05) is 25.5 Å². The minimum Gasteiger partial charge on any atom is -0.356 e. The maximum Gasteiger partial charge on any atom is 0.246 e. The standard InChI is InChI=1S/C23H35N5O4.C3H5NO/c1-15(24-5)20(30)27-19(23(2,3)4)22(32)28-11-7-10-18(28)21(31)25-13-16-8-6-9-17(12-16)26-14-29;5-3-1-2-4-3/h6,8-9,12,14-15,18-19,24H,7,10-11,13H2,1-5H3,(H,25,31)(H,26,29)(H,27,30);1-2H2,(H,4,5). The Bertz CT molecular complexity index is 970. The number of hydrogen-bond donors (Lipinski definition) is 5. The van der Waals surface area contributed by atoms with Crippen LogP contribution in [0.5, 0.6) is 0 Å². The number of likely N-dealkylation sites (N-methyl/N-ethyl adjacent to an activating group) is 1. The lowest BCUT2D eigenvalue weighted by molar-refractivity contribution is -0.144. The molecule has 2 aliphatic heterocycles. The smallest absolute Gasteiger partial charge is 0.246 e. The zero-order chi connectivity index (χ0) is 27.6. The number of anilines is 1. The van der Waals surface area contributed by atoms with Crippen LogP contribution in [0.1, 0.15) is 52.5 Å². The van der Waals surface area contributed by atoms with Gasteiger partial charge in [-0.3, -0.25) is 24.0 Å². The number of rotatable bonds is 9. The molecule has 5 N–H and O–H groups in total. The molecule has 37 heavy (non-hydrogen) atoms. The Labute approximate surface area is 218 Å². The molecule has 3 rings (SSSR count). The predicted molar refractivity (Wildman–Crippen MR) is 140 cm³/mol. The number of carbonyl (C=O) groups excluding carboxylic acids is 5. The van der Waals surface area contributed by atoms with E-state index < -0.39 is 23.5 Å². The molecule has 0 aromatic heterocycles. The van der Waals surface area contributed by atoms with Crippen LogP contribution < -0.4 is 26.6 Å². The third kappa shape index (κ3) is 8.85. The summed E-state index contributed by atoms with van der Waals surface area (Å²) in [6.45, 7) is 9.05. The maximum atomic E-state index is 13.4. The molecular weight excluding hydrogens is 476 g/mol. The predicted octanol–water partition coefficient (Wildman–Crippen LogP) is 0.507. The fourth-order valence-electron chi connectivity index (χ4n) is 3.89. The highest BCUT2D eigenvalue weighted by Gasteiger charge is 2.42. The van der Waals surface area contributed by atoms with E-state index >= 15 is 0 Å². The van der Waals surface area contributed by atoms with Gasteiger partial charge in [0.15, 0.2) is 0 Å². The Kier molecular flexibility index (Phi) is 11.0. The van der Waals surface area contributed by atoms with E-state index in [1.54, 1.807) is 37.1 Å². The van der Waals surface area contributed by atoms with Crippen LogP contribution >= 0.6 is 0 Å². The molecule has 2 saturated heterocycles. The molecule has 3 unspecified atom stereocenters. The first kappa shape index (κ1) is 29.8. The molecule has 1 aromatic carbocycles. The van der Waals surface area contributed by atoms with Crippen molar-refractivity contribution in [3.05, 3.63) is 29.8 Å². The summed E-state index contributed by atoms with van der Waals surface area (Å²) >= 11 is 0. The number of hydrogen-bond acceptors (Lipinski definition) is 6. The van der Waals surface area contributed by atoms with Gasteiger partial charge in [-0.1, -0.05) is 32.9 Å². The van der Waals surface area contributed by atoms with Crippen molar-refractivity contribution in [1.29, 1.82) is 0 Å². The Morgan fingerprint density at radius 3 is 2.46 bits per heavy atom. The molecule has 0 spiro atoms. The molecular formula is C26H40N6O5. The summed E-state index contributed by atoms with van der Waals surface area (Å²) in [5.74, 6) is -0.550. The second kappa shape index (κ2) is 13.7. The lowest BCUT2D eigenvalue weighted by Gasteiger charge is -2.36. The highest BCUT2D eigenvalue weighted by molar-refractivity contribution is 5.94. The summed E-state index contributed by atoms with van der Waals surface area (Å²) in [6, 6.07) is 5.42. The molecule has 5 amide bonds. The number of nitrogens with zero attached hydrogens (tertiary/aromatic N) is 1. The first-order valence-electron chi connectivity index (χ1n) is 12.6. The SMILES string of the molecule is CNC(C)C(=O)NC(C(=O)N1CCCC1C(=O)NCc1cccc(NC=O)c1)C(C)(C)C.O=C1CCN1. The van der Waals surface area contributed by atoms with Gasteiger partial charge in [0.25, 0.3) is 0 Å². The number of likely N-dealkylation sites (tertiary alicyclic amines) is 1. The highest BCUT2D eigenvalue weighted by Crippen LogP contribution is 2.26. The zero-order valence-electron chi connectivity index (χ0n) is 22.3. The van der Waals surface area contributed by atoms with Crippen molar-refractivity contribution < 1.29 is 24.0 Å². The van der Waals surface area contributed by atoms with Gasteiger partial charge in [0.2, 0.25) is 30.0 Å². The van der Waals surface area contributed by atoms with Crippen LogP contribution in [0.3, 0.4) is 0 Å². The molecule has 2 fully saturated rings. The minimum absolute atomic E-state index is 0.185. The van der Waals surface area contributed by atoms with Crippen molar-refractivity contribution in [2.45, 2.75) is 71.6 Å². The molecule has 3 atom stereocenters. The van der Waals surface area contributed by atoms with Crippen molar-refractivity contribution in [1.82, 2.24) is 26.2 Å². The zero-order valence-corrected chi connectivity index (χ0v) is 22.3. The van der Waals surface area contributed by atoms with E-state index in [1.165, 1.54) is 0 Å². The Morgan fingerprint density at radius 1 is 1.24 bits per heavy atom. The van der Waals surface area contributed by atoms with Gasteiger partial charge in [-0.15, -0.1) is 0 Å². The fourth-order valence-corrected chi connectivity index (χ4v) is 3.89. The Morgan fingerprint density at radius 2 is 1.92 bits per heavy atom. The third-order valence-corrected chi connectivity index (χ3v) is 6.36. The summed E-state index contributed by atoms with van der Waals surface area (Å²) in [5, 5.41) is 13.8. The van der Waals surface area contributed by atoms with Crippen LogP contribution in [0.15, 0.2) is 24.3 Å². The quantitative estimate of drug-likeness (QED) is 0.239. The van der Waals surface area contributed by atoms with E-state index in [2.05, 4.69) is 26.6 Å². The highest BCUT2D eigenvalue weighted by atomic mass is 16.2. The van der Waals surface area contributed by atoms with Crippen LogP contribution in [0.2, 0.25) is 0 Å². The Balaban J connectivity index is 0.000000856. The topological polar surface area (TPSA) is 149 Å². The molecule has 2 aliphatic rings. The summed E-state index contributed by atoms with van der Waals surface area (Å²) in [5.41, 5.74) is 0.960. The molecule has 204 valence electrons. The van der Waals surface area contributed by atoms with Gasteiger partial charge in [0.05, 0.1) is 6.04 Å². The number of benzene rings is 1. The van der Waals surface area contributed by atoms with E-state index in [1.807, 2.05) is 26.8 Å². The molecule has 0 aliphatic carbocycles. The Hall–Kier alpha value is -3.47. The molecule has 1 aromatic rings. The first-order valence-corrected chi connectivity index (χ1v) is 12.6. The van der Waals surface area contributed by atoms with E-state index in [0.29, 0.717) is 25.1 Å². The van der Waals surface area contributed by atoms with Gasteiger partial charge in [-0.25, -0.2) is 0 Å². The molecule has 0 bridgehead atoms. The number of β-lactam (4-membered cyclic amide) rings is 1. The van der Waals surface area contributed by atoms with Crippen LogP contribution in [0, 0.1) is 5.41 Å². The average Bonchev–Trinajstić information content (AvgIpc) is 3.34. The molecule has 0 radical (unpaired) electrons. The summed E-state index contributed by atoms with van der Waals surface area (Å²) in [6.07, 6.45) is 2.63. The second-order valence-corrected chi connectivity index (χ2v) is 10.3. The normalized spacial score (nSPS) is 18.2. The van der Waals surface area contributed by atoms with E-state index in [4.69, 9.17) is 0 Å². The van der Waals surface area contributed by atoms with Gasteiger partial charge < -0.3 is 31.5 Å². The summed E-state index contributed by atoms with van der Waals surface area (Å²) in [4.78, 5) is 60.8. The number of nitrogens with one attached hydrogen (secondary N) is 5. The average molecular weight is 517 g/mol. The summed E-state index contributed by atoms with van der Waals surface area (Å²) in [7, 11) is 1.68. The van der Waals surface area contributed by atoms with Crippen molar-refractivity contribution in [3.63, 3.8) is 0 Å². The molecule has 11 nitrogen and oxygen atoms in total. The maximum absolute atomic E-state index is 13.4. The van der Waals surface area contributed by atoms with Gasteiger partial charge in [-0.05, 0) is 49.9 Å². The molecule has 11 heteroatoms. The van der Waals surface area contributed by atoms with Crippen molar-refractivity contribution in [2.24, 2.45) is 5.41 Å². The van der Waals surface area contributed by atoms with Gasteiger partial charge in [0.1, 0.15) is 12.1 Å². The van der Waals surface area contributed by atoms with E-state index in [9.17, 15) is 24.0 Å². The van der Waals surface area contributed by atoms with E-state index in [0.717, 1.165) is 24.9 Å². The van der Waals surface area contributed by atoms with Crippen LogP contribution in [-0.2, 0) is 30.5 Å². The van der Waals surface area contributed by atoms with E-state index in [-0.39, 0.29) is 30.2 Å². The lowest BCUT2D eigenvalue weighted by Crippen LogP contribution is -2.59. The van der Waals surface area contributed by atoms with Gasteiger partial charge >= 0.3 is 0 Å². The van der Waals surface area contributed by atoms with Crippen molar-refractivity contribution >= 4 is 35.7 Å². The number of amides is 5. The second-order valence-electron chi connectivity index (χ2n) is 10.3. The van der Waals surface area contributed by atoms with Gasteiger partial charge in [-0.2, -0.15) is 0 Å². The van der Waals surface area contributed by atoms with Gasteiger partial charge in [0, 0.05) is 31.7 Å². The van der Waals surface area contributed by atoms with Crippen molar-refractivity contribution in [3.8, 4) is 0 Å².